The molecule has 2 heterocycles. The molecular weight excluding hydrogens is 266 g/mol. The summed E-state index contributed by atoms with van der Waals surface area (Å²) in [5, 5.41) is 3.37. The monoisotopic (exact) mass is 285 g/mol. The largest absolute Gasteiger partial charge is 0.491 e. The third-order valence-electron chi connectivity index (χ3n) is 3.26. The minimum absolute atomic E-state index is 0.0330. The fraction of sp³-hybridized carbons (Fsp3) is 0.312. The van der Waals surface area contributed by atoms with Crippen molar-refractivity contribution in [2.45, 2.75) is 26.0 Å². The topological polar surface area (TPSA) is 69.4 Å². The SMILES string of the molecule is CC(C)Oc1nc(NC2COc3ccccc32)ccc1N. The van der Waals surface area contributed by atoms with E-state index in [0.717, 1.165) is 17.1 Å². The molecule has 0 saturated carbocycles. The summed E-state index contributed by atoms with van der Waals surface area (Å²) in [6.07, 6.45) is 0.0330. The first-order valence-electron chi connectivity index (χ1n) is 7.05. The molecule has 0 amide bonds. The number of aromatic nitrogens is 1. The molecule has 21 heavy (non-hydrogen) atoms. The van der Waals surface area contributed by atoms with Gasteiger partial charge in [-0.25, -0.2) is 0 Å². The maximum absolute atomic E-state index is 5.88. The maximum atomic E-state index is 5.88. The van der Waals surface area contributed by atoms with Gasteiger partial charge < -0.3 is 20.5 Å². The van der Waals surface area contributed by atoms with Gasteiger partial charge in [-0.15, -0.1) is 0 Å². The Hall–Kier alpha value is -2.43. The molecule has 3 rings (SSSR count). The second-order valence-electron chi connectivity index (χ2n) is 5.30. The van der Waals surface area contributed by atoms with Gasteiger partial charge in [0.15, 0.2) is 0 Å². The molecule has 1 aromatic carbocycles. The molecule has 3 N–H and O–H groups in total. The van der Waals surface area contributed by atoms with Crippen molar-refractivity contribution in [1.82, 2.24) is 4.98 Å². The lowest BCUT2D eigenvalue weighted by Gasteiger charge is -2.15. The quantitative estimate of drug-likeness (QED) is 0.903. The van der Waals surface area contributed by atoms with Gasteiger partial charge >= 0.3 is 0 Å². The molecule has 0 aliphatic carbocycles. The van der Waals surface area contributed by atoms with Gasteiger partial charge in [0.25, 0.3) is 0 Å². The smallest absolute Gasteiger partial charge is 0.239 e. The normalized spacial score (nSPS) is 16.4. The number of ether oxygens (including phenoxy) is 2. The summed E-state index contributed by atoms with van der Waals surface area (Å²) < 4.78 is 11.3. The van der Waals surface area contributed by atoms with Crippen LogP contribution in [0, 0.1) is 0 Å². The van der Waals surface area contributed by atoms with Gasteiger partial charge in [0.05, 0.1) is 17.8 Å². The van der Waals surface area contributed by atoms with Crippen molar-refractivity contribution in [2.75, 3.05) is 17.7 Å². The summed E-state index contributed by atoms with van der Waals surface area (Å²) in [6.45, 7) is 4.48. The summed E-state index contributed by atoms with van der Waals surface area (Å²) >= 11 is 0. The standard InChI is InChI=1S/C16H19N3O2/c1-10(2)21-16-12(17)7-8-15(19-16)18-13-9-20-14-6-4-3-5-11(13)14/h3-8,10,13H,9,17H2,1-2H3,(H,18,19). The fourth-order valence-corrected chi connectivity index (χ4v) is 2.31. The van der Waals surface area contributed by atoms with E-state index >= 15 is 0 Å². The van der Waals surface area contributed by atoms with E-state index in [1.807, 2.05) is 38.1 Å². The minimum atomic E-state index is 0.0330. The molecule has 1 aliphatic rings. The van der Waals surface area contributed by atoms with Crippen LogP contribution >= 0.6 is 0 Å². The Morgan fingerprint density at radius 1 is 1.29 bits per heavy atom. The van der Waals surface area contributed by atoms with Gasteiger partial charge in [0.2, 0.25) is 5.88 Å². The lowest BCUT2D eigenvalue weighted by Crippen LogP contribution is -2.14. The first-order valence-corrected chi connectivity index (χ1v) is 7.05. The first kappa shape index (κ1) is 13.5. The number of hydrogen-bond donors (Lipinski definition) is 2. The first-order chi connectivity index (χ1) is 10.1. The van der Waals surface area contributed by atoms with Crippen LogP contribution in [0.4, 0.5) is 11.5 Å². The van der Waals surface area contributed by atoms with E-state index in [4.69, 9.17) is 15.2 Å². The average molecular weight is 285 g/mol. The Bertz CT molecular complexity index is 643. The van der Waals surface area contributed by atoms with Gasteiger partial charge in [-0.1, -0.05) is 18.2 Å². The third-order valence-corrected chi connectivity index (χ3v) is 3.26. The highest BCUT2D eigenvalue weighted by molar-refractivity contribution is 5.55. The van der Waals surface area contributed by atoms with Crippen molar-refractivity contribution in [2.24, 2.45) is 0 Å². The lowest BCUT2D eigenvalue weighted by molar-refractivity contribution is 0.234. The van der Waals surface area contributed by atoms with Crippen LogP contribution in [-0.2, 0) is 0 Å². The highest BCUT2D eigenvalue weighted by Gasteiger charge is 2.23. The number of nitrogens with two attached hydrogens (primary N) is 1. The Kier molecular flexibility index (Phi) is 3.56. The number of rotatable bonds is 4. The molecule has 0 bridgehead atoms. The predicted octanol–water partition coefficient (Wildman–Crippen LogP) is 3.00. The van der Waals surface area contributed by atoms with Crippen LogP contribution in [0.2, 0.25) is 0 Å². The van der Waals surface area contributed by atoms with Gasteiger partial charge in [0.1, 0.15) is 18.2 Å². The Morgan fingerprint density at radius 3 is 2.90 bits per heavy atom. The molecule has 0 spiro atoms. The van der Waals surface area contributed by atoms with Crippen molar-refractivity contribution in [3.05, 3.63) is 42.0 Å². The third kappa shape index (κ3) is 2.86. The van der Waals surface area contributed by atoms with E-state index in [2.05, 4.69) is 16.4 Å². The molecule has 1 aliphatic heterocycles. The summed E-state index contributed by atoms with van der Waals surface area (Å²) in [5.41, 5.74) is 7.56. The summed E-state index contributed by atoms with van der Waals surface area (Å²) in [7, 11) is 0. The highest BCUT2D eigenvalue weighted by atomic mass is 16.5. The van der Waals surface area contributed by atoms with Crippen LogP contribution < -0.4 is 20.5 Å². The second kappa shape index (κ2) is 5.52. The van der Waals surface area contributed by atoms with E-state index in [-0.39, 0.29) is 12.1 Å². The number of nitrogens with zero attached hydrogens (tertiary/aromatic N) is 1. The molecule has 2 aromatic rings. The Labute approximate surface area is 124 Å². The van der Waals surface area contributed by atoms with E-state index in [9.17, 15) is 0 Å². The summed E-state index contributed by atoms with van der Waals surface area (Å²) in [5.74, 6) is 2.11. The van der Waals surface area contributed by atoms with Crippen LogP contribution in [-0.4, -0.2) is 17.7 Å². The van der Waals surface area contributed by atoms with Crippen molar-refractivity contribution in [3.63, 3.8) is 0 Å². The molecule has 1 atom stereocenters. The molecule has 110 valence electrons. The number of nitrogens with one attached hydrogen (secondary N) is 1. The van der Waals surface area contributed by atoms with Crippen molar-refractivity contribution < 1.29 is 9.47 Å². The average Bonchev–Trinajstić information content (AvgIpc) is 2.85. The summed E-state index contributed by atoms with van der Waals surface area (Å²) in [6, 6.07) is 11.7. The predicted molar refractivity (Wildman–Crippen MR) is 82.7 cm³/mol. The number of benzene rings is 1. The summed E-state index contributed by atoms with van der Waals surface area (Å²) in [4.78, 5) is 4.43. The fourth-order valence-electron chi connectivity index (χ4n) is 2.31. The molecule has 0 saturated heterocycles. The van der Waals surface area contributed by atoms with E-state index in [0.29, 0.717) is 18.2 Å². The van der Waals surface area contributed by atoms with Gasteiger partial charge in [0, 0.05) is 5.56 Å². The number of hydrogen-bond acceptors (Lipinski definition) is 5. The Balaban J connectivity index is 1.80. The van der Waals surface area contributed by atoms with E-state index in [1.54, 1.807) is 6.07 Å². The van der Waals surface area contributed by atoms with Crippen LogP contribution in [0.1, 0.15) is 25.5 Å². The zero-order valence-electron chi connectivity index (χ0n) is 12.2. The second-order valence-corrected chi connectivity index (χ2v) is 5.30. The van der Waals surface area contributed by atoms with Crippen LogP contribution in [0.25, 0.3) is 0 Å². The zero-order valence-corrected chi connectivity index (χ0v) is 12.2. The van der Waals surface area contributed by atoms with Gasteiger partial charge in [-0.05, 0) is 32.0 Å². The number of para-hydroxylation sites is 1. The molecular formula is C16H19N3O2. The number of nitrogen functional groups attached to an aromatic ring is 1. The van der Waals surface area contributed by atoms with Crippen LogP contribution in [0.3, 0.4) is 0 Å². The lowest BCUT2D eigenvalue weighted by atomic mass is 10.1. The number of anilines is 2. The van der Waals surface area contributed by atoms with Crippen molar-refractivity contribution in [3.8, 4) is 11.6 Å². The molecule has 1 aromatic heterocycles. The highest BCUT2D eigenvalue weighted by Crippen LogP contribution is 2.34. The molecule has 0 radical (unpaired) electrons. The zero-order chi connectivity index (χ0) is 14.8. The number of pyridine rings is 1. The molecule has 5 nitrogen and oxygen atoms in total. The van der Waals surface area contributed by atoms with Crippen LogP contribution in [0.15, 0.2) is 36.4 Å². The maximum Gasteiger partial charge on any atom is 0.239 e. The van der Waals surface area contributed by atoms with Gasteiger partial charge in [-0.2, -0.15) is 4.98 Å². The molecule has 1 unspecified atom stereocenters. The van der Waals surface area contributed by atoms with Crippen molar-refractivity contribution >= 4 is 11.5 Å². The Morgan fingerprint density at radius 2 is 2.10 bits per heavy atom. The van der Waals surface area contributed by atoms with E-state index < -0.39 is 0 Å². The van der Waals surface area contributed by atoms with Gasteiger partial charge in [-0.3, -0.25) is 0 Å². The molecule has 0 fully saturated rings. The van der Waals surface area contributed by atoms with E-state index in [1.165, 1.54) is 0 Å². The van der Waals surface area contributed by atoms with Crippen molar-refractivity contribution in [1.29, 1.82) is 0 Å². The minimum Gasteiger partial charge on any atom is -0.491 e. The molecule has 5 heteroatoms. The van der Waals surface area contributed by atoms with Crippen LogP contribution in [0.5, 0.6) is 11.6 Å². The number of fused-ring (bicyclic) bond motifs is 1.